The number of rotatable bonds is 2. The molecule has 1 aromatic rings. The third kappa shape index (κ3) is 2.91. The van der Waals surface area contributed by atoms with Crippen molar-refractivity contribution < 1.29 is 13.2 Å². The van der Waals surface area contributed by atoms with E-state index in [-0.39, 0.29) is 0 Å². The minimum Gasteiger partial charge on any atom is -0.497 e. The lowest BCUT2D eigenvalue weighted by atomic mass is 10.0. The van der Waals surface area contributed by atoms with E-state index in [0.717, 1.165) is 29.7 Å². The molecule has 0 aliphatic carbocycles. The summed E-state index contributed by atoms with van der Waals surface area (Å²) in [6.45, 7) is 0.800. The van der Waals surface area contributed by atoms with Crippen molar-refractivity contribution in [3.8, 4) is 5.75 Å². The maximum atomic E-state index is 11.3. The van der Waals surface area contributed by atoms with Gasteiger partial charge in [-0.05, 0) is 36.1 Å². The molecule has 1 heterocycles. The predicted molar refractivity (Wildman–Crippen MR) is 66.5 cm³/mol. The van der Waals surface area contributed by atoms with Crippen LogP contribution < -0.4 is 4.74 Å². The van der Waals surface area contributed by atoms with Gasteiger partial charge in [-0.2, -0.15) is 12.7 Å². The van der Waals surface area contributed by atoms with Crippen molar-refractivity contribution in [1.29, 1.82) is 0 Å². The van der Waals surface area contributed by atoms with Gasteiger partial charge in [0.25, 0.3) is 9.24 Å². The van der Waals surface area contributed by atoms with E-state index in [1.165, 1.54) is 4.31 Å². The van der Waals surface area contributed by atoms with Crippen LogP contribution >= 0.6 is 10.7 Å². The van der Waals surface area contributed by atoms with Gasteiger partial charge >= 0.3 is 0 Å². The SMILES string of the molecule is COc1ccc2c(c1)CCCN(S(=O)(=O)Cl)C2. The number of aryl methyl sites for hydroxylation is 1. The number of fused-ring (bicyclic) bond motifs is 1. The second kappa shape index (κ2) is 4.84. The number of ether oxygens (including phenoxy) is 1. The molecule has 0 amide bonds. The van der Waals surface area contributed by atoms with E-state index in [9.17, 15) is 8.42 Å². The Bertz CT molecular complexity index is 515. The number of benzene rings is 1. The van der Waals surface area contributed by atoms with E-state index in [1.54, 1.807) is 7.11 Å². The topological polar surface area (TPSA) is 46.6 Å². The fourth-order valence-corrected chi connectivity index (χ4v) is 3.01. The lowest BCUT2D eigenvalue weighted by molar-refractivity contribution is 0.413. The first-order valence-corrected chi connectivity index (χ1v) is 7.63. The van der Waals surface area contributed by atoms with Crippen LogP contribution in [0.5, 0.6) is 5.75 Å². The summed E-state index contributed by atoms with van der Waals surface area (Å²) in [6.07, 6.45) is 1.61. The average molecular weight is 276 g/mol. The van der Waals surface area contributed by atoms with Crippen LogP contribution in [0.15, 0.2) is 18.2 Å². The molecule has 0 saturated heterocycles. The second-order valence-corrected chi connectivity index (χ2v) is 6.52. The Morgan fingerprint density at radius 1 is 1.35 bits per heavy atom. The van der Waals surface area contributed by atoms with Crippen molar-refractivity contribution in [2.45, 2.75) is 19.4 Å². The molecule has 0 radical (unpaired) electrons. The van der Waals surface area contributed by atoms with Crippen LogP contribution in [-0.2, 0) is 22.2 Å². The Kier molecular flexibility index (Phi) is 3.61. The van der Waals surface area contributed by atoms with Crippen LogP contribution in [0.4, 0.5) is 0 Å². The van der Waals surface area contributed by atoms with Crippen molar-refractivity contribution >= 4 is 19.9 Å². The Morgan fingerprint density at radius 2 is 2.12 bits per heavy atom. The summed E-state index contributed by atoms with van der Waals surface area (Å²) in [4.78, 5) is 0. The maximum absolute atomic E-state index is 11.3. The van der Waals surface area contributed by atoms with E-state index >= 15 is 0 Å². The Balaban J connectivity index is 2.33. The minimum absolute atomic E-state index is 0.338. The summed E-state index contributed by atoms with van der Waals surface area (Å²) in [5.41, 5.74) is 2.12. The molecule has 0 bridgehead atoms. The van der Waals surface area contributed by atoms with E-state index in [0.29, 0.717) is 13.1 Å². The number of halogens is 1. The summed E-state index contributed by atoms with van der Waals surface area (Å²) in [5, 5.41) is 0. The molecule has 0 atom stereocenters. The third-order valence-corrected chi connectivity index (χ3v) is 4.44. The standard InChI is InChI=1S/C11H14ClNO3S/c1-16-11-5-4-10-8-13(17(12,14)15)6-2-3-9(10)7-11/h4-5,7H,2-3,6,8H2,1H3. The molecule has 0 aromatic heterocycles. The highest BCUT2D eigenvalue weighted by molar-refractivity contribution is 8.11. The Morgan fingerprint density at radius 3 is 2.76 bits per heavy atom. The summed E-state index contributed by atoms with van der Waals surface area (Å²) >= 11 is 0. The molecule has 0 spiro atoms. The Labute approximate surface area is 106 Å². The first-order chi connectivity index (χ1) is 8.00. The number of methoxy groups -OCH3 is 1. The minimum atomic E-state index is -3.63. The molecule has 0 saturated carbocycles. The van der Waals surface area contributed by atoms with Gasteiger partial charge < -0.3 is 4.74 Å². The number of hydrogen-bond donors (Lipinski definition) is 0. The van der Waals surface area contributed by atoms with Crippen molar-refractivity contribution in [2.75, 3.05) is 13.7 Å². The van der Waals surface area contributed by atoms with Gasteiger partial charge in [-0.3, -0.25) is 0 Å². The second-order valence-electron chi connectivity index (χ2n) is 4.01. The highest BCUT2D eigenvalue weighted by Crippen LogP contribution is 2.25. The first-order valence-electron chi connectivity index (χ1n) is 5.36. The predicted octanol–water partition coefficient (Wildman–Crippen LogP) is 1.93. The molecule has 94 valence electrons. The Hall–Kier alpha value is -0.780. The van der Waals surface area contributed by atoms with Crippen molar-refractivity contribution in [2.24, 2.45) is 0 Å². The van der Waals surface area contributed by atoms with Crippen LogP contribution in [0, 0.1) is 0 Å². The molecule has 6 heteroatoms. The van der Waals surface area contributed by atoms with Gasteiger partial charge in [-0.15, -0.1) is 0 Å². The van der Waals surface area contributed by atoms with E-state index in [4.69, 9.17) is 15.4 Å². The smallest absolute Gasteiger partial charge is 0.300 e. The highest BCUT2D eigenvalue weighted by Gasteiger charge is 2.23. The van der Waals surface area contributed by atoms with Crippen LogP contribution in [0.25, 0.3) is 0 Å². The quantitative estimate of drug-likeness (QED) is 0.775. The number of hydrogen-bond acceptors (Lipinski definition) is 3. The van der Waals surface area contributed by atoms with Crippen molar-refractivity contribution in [3.63, 3.8) is 0 Å². The lowest BCUT2D eigenvalue weighted by Crippen LogP contribution is -2.26. The van der Waals surface area contributed by atoms with Crippen LogP contribution in [-0.4, -0.2) is 26.4 Å². The van der Waals surface area contributed by atoms with Gasteiger partial charge in [-0.25, -0.2) is 0 Å². The fourth-order valence-electron chi connectivity index (χ4n) is 2.02. The third-order valence-electron chi connectivity index (χ3n) is 2.92. The summed E-state index contributed by atoms with van der Waals surface area (Å²) in [5.74, 6) is 0.797. The zero-order valence-corrected chi connectivity index (χ0v) is 11.1. The molecule has 17 heavy (non-hydrogen) atoms. The molecule has 1 aromatic carbocycles. The summed E-state index contributed by atoms with van der Waals surface area (Å²) in [6, 6.07) is 5.69. The van der Waals surface area contributed by atoms with E-state index in [2.05, 4.69) is 0 Å². The van der Waals surface area contributed by atoms with Crippen LogP contribution in [0.1, 0.15) is 17.5 Å². The van der Waals surface area contributed by atoms with Gasteiger partial charge in [0.2, 0.25) is 0 Å². The van der Waals surface area contributed by atoms with Crippen molar-refractivity contribution in [3.05, 3.63) is 29.3 Å². The molecule has 4 nitrogen and oxygen atoms in total. The van der Waals surface area contributed by atoms with E-state index in [1.807, 2.05) is 18.2 Å². The molecule has 0 fully saturated rings. The van der Waals surface area contributed by atoms with E-state index < -0.39 is 9.24 Å². The molecule has 0 unspecified atom stereocenters. The molecule has 0 N–H and O–H groups in total. The molecule has 2 rings (SSSR count). The zero-order chi connectivity index (χ0) is 12.5. The first kappa shape index (κ1) is 12.7. The molecular formula is C11H14ClNO3S. The van der Waals surface area contributed by atoms with Gasteiger partial charge in [0.05, 0.1) is 7.11 Å². The lowest BCUT2D eigenvalue weighted by Gasteiger charge is -2.15. The monoisotopic (exact) mass is 275 g/mol. The van der Waals surface area contributed by atoms with Gasteiger partial charge in [0, 0.05) is 23.8 Å². The van der Waals surface area contributed by atoms with Gasteiger partial charge in [0.1, 0.15) is 5.75 Å². The normalized spacial score (nSPS) is 17.3. The number of nitrogens with zero attached hydrogens (tertiary/aromatic N) is 1. The maximum Gasteiger partial charge on any atom is 0.300 e. The molecule has 1 aliphatic heterocycles. The largest absolute Gasteiger partial charge is 0.497 e. The van der Waals surface area contributed by atoms with Gasteiger partial charge in [0.15, 0.2) is 0 Å². The van der Waals surface area contributed by atoms with Gasteiger partial charge in [-0.1, -0.05) is 6.07 Å². The summed E-state index contributed by atoms with van der Waals surface area (Å²) < 4.78 is 29.1. The average Bonchev–Trinajstić information content (AvgIpc) is 2.49. The van der Waals surface area contributed by atoms with Crippen molar-refractivity contribution in [1.82, 2.24) is 4.31 Å². The zero-order valence-electron chi connectivity index (χ0n) is 9.52. The highest BCUT2D eigenvalue weighted by atomic mass is 35.7. The molecular weight excluding hydrogens is 262 g/mol. The van der Waals surface area contributed by atoms with Crippen LogP contribution in [0.3, 0.4) is 0 Å². The molecule has 1 aliphatic rings. The fraction of sp³-hybridized carbons (Fsp3) is 0.455. The summed E-state index contributed by atoms with van der Waals surface area (Å²) in [7, 11) is 3.37. The van der Waals surface area contributed by atoms with Crippen LogP contribution in [0.2, 0.25) is 0 Å².